The van der Waals surface area contributed by atoms with Crippen molar-refractivity contribution in [2.75, 3.05) is 13.2 Å². The van der Waals surface area contributed by atoms with E-state index in [9.17, 15) is 9.90 Å². The fraction of sp³-hybridized carbons (Fsp3) is 0.588. The fourth-order valence-electron chi connectivity index (χ4n) is 2.50. The van der Waals surface area contributed by atoms with Crippen LogP contribution in [0.2, 0.25) is 5.02 Å². The second kappa shape index (κ2) is 6.99. The van der Waals surface area contributed by atoms with Crippen LogP contribution in [0.4, 0.5) is 0 Å². The van der Waals surface area contributed by atoms with Crippen molar-refractivity contribution in [2.24, 2.45) is 0 Å². The molecular weight excluding hydrogens is 302 g/mol. The molecule has 22 heavy (non-hydrogen) atoms. The number of benzene rings is 1. The first-order valence-corrected chi connectivity index (χ1v) is 8.06. The molecule has 0 amide bonds. The number of hydrogen-bond donors (Lipinski definition) is 2. The van der Waals surface area contributed by atoms with E-state index in [4.69, 9.17) is 16.3 Å². The van der Waals surface area contributed by atoms with Gasteiger partial charge >= 0.3 is 0 Å². The summed E-state index contributed by atoms with van der Waals surface area (Å²) < 4.78 is 5.73. The Hall–Kier alpha value is -1.10. The quantitative estimate of drug-likeness (QED) is 0.873. The van der Waals surface area contributed by atoms with Crippen molar-refractivity contribution >= 4 is 17.4 Å². The van der Waals surface area contributed by atoms with E-state index in [1.54, 1.807) is 12.1 Å². The Balaban J connectivity index is 2.02. The molecule has 0 spiro atoms. The Kier molecular flexibility index (Phi) is 5.48. The molecule has 2 rings (SSSR count). The Morgan fingerprint density at radius 1 is 1.36 bits per heavy atom. The number of carbonyl (C=O) groups excluding carboxylic acids is 1. The smallest absolute Gasteiger partial charge is 0.164 e. The summed E-state index contributed by atoms with van der Waals surface area (Å²) in [5, 5.41) is 13.7. The van der Waals surface area contributed by atoms with Crippen LogP contribution in [0.5, 0.6) is 5.75 Å². The number of Topliss-reactive ketones (excluding diaryl/α,β-unsaturated/α-hetero) is 1. The van der Waals surface area contributed by atoms with Gasteiger partial charge < -0.3 is 15.2 Å². The summed E-state index contributed by atoms with van der Waals surface area (Å²) >= 11 is 6.14. The van der Waals surface area contributed by atoms with Crippen molar-refractivity contribution < 1.29 is 14.6 Å². The number of halogens is 1. The summed E-state index contributed by atoms with van der Waals surface area (Å²) in [5.41, 5.74) is 1.42. The Morgan fingerprint density at radius 2 is 2.09 bits per heavy atom. The van der Waals surface area contributed by atoms with Crippen LogP contribution >= 0.6 is 11.6 Å². The zero-order valence-corrected chi connectivity index (χ0v) is 14.2. The molecule has 1 aromatic carbocycles. The van der Waals surface area contributed by atoms with Crippen molar-refractivity contribution in [1.29, 1.82) is 0 Å². The second-order valence-electron chi connectivity index (χ2n) is 6.77. The lowest BCUT2D eigenvalue weighted by atomic mass is 9.90. The molecule has 0 saturated carbocycles. The highest BCUT2D eigenvalue weighted by atomic mass is 35.5. The lowest BCUT2D eigenvalue weighted by Crippen LogP contribution is -2.42. The molecule has 1 aliphatic carbocycles. The third-order valence-electron chi connectivity index (χ3n) is 3.63. The molecular formula is C17H24ClNO3. The predicted molar refractivity (Wildman–Crippen MR) is 88.0 cm³/mol. The maximum absolute atomic E-state index is 12.0. The highest BCUT2D eigenvalue weighted by Gasteiger charge is 2.24. The van der Waals surface area contributed by atoms with Gasteiger partial charge in [-0.15, -0.1) is 0 Å². The van der Waals surface area contributed by atoms with Crippen LogP contribution in [0.3, 0.4) is 0 Å². The summed E-state index contributed by atoms with van der Waals surface area (Å²) in [7, 11) is 0. The fourth-order valence-corrected chi connectivity index (χ4v) is 2.79. The minimum atomic E-state index is -0.607. The lowest BCUT2D eigenvalue weighted by Gasteiger charge is -2.24. The molecule has 1 atom stereocenters. The van der Waals surface area contributed by atoms with E-state index in [0.29, 0.717) is 29.3 Å². The number of hydrogen-bond acceptors (Lipinski definition) is 4. The Bertz CT molecular complexity index is 552. The largest absolute Gasteiger partial charge is 0.491 e. The standard InChI is InChI=1S/C17H24ClNO3/c1-17(2,3)19-9-11(20)10-22-15-8-7-13(18)16-12(15)5-4-6-14(16)21/h7-8,11,19-20H,4-6,9-10H2,1-3H3/t11-/m0/s1. The van der Waals surface area contributed by atoms with Crippen molar-refractivity contribution in [2.45, 2.75) is 51.7 Å². The van der Waals surface area contributed by atoms with Crippen molar-refractivity contribution in [1.82, 2.24) is 5.32 Å². The number of carbonyl (C=O) groups is 1. The molecule has 0 aliphatic heterocycles. The second-order valence-corrected chi connectivity index (χ2v) is 7.18. The number of β-amino-alcohol motifs (C(OH)–C–C–N with tert-alkyl or cyclic N) is 1. The van der Waals surface area contributed by atoms with E-state index >= 15 is 0 Å². The predicted octanol–water partition coefficient (Wildman–Crippen LogP) is 2.99. The van der Waals surface area contributed by atoms with E-state index in [0.717, 1.165) is 18.4 Å². The van der Waals surface area contributed by atoms with E-state index in [1.807, 2.05) is 20.8 Å². The van der Waals surface area contributed by atoms with E-state index in [-0.39, 0.29) is 17.9 Å². The van der Waals surface area contributed by atoms with Gasteiger partial charge in [0.15, 0.2) is 5.78 Å². The molecule has 4 nitrogen and oxygen atoms in total. The number of nitrogens with one attached hydrogen (secondary N) is 1. The molecule has 0 fully saturated rings. The minimum Gasteiger partial charge on any atom is -0.491 e. The molecule has 2 N–H and O–H groups in total. The molecule has 0 saturated heterocycles. The molecule has 0 heterocycles. The first-order chi connectivity index (χ1) is 10.3. The maximum Gasteiger partial charge on any atom is 0.164 e. The van der Waals surface area contributed by atoms with Gasteiger partial charge in [0.25, 0.3) is 0 Å². The molecule has 0 radical (unpaired) electrons. The molecule has 0 unspecified atom stereocenters. The SMILES string of the molecule is CC(C)(C)NC[C@H](O)COc1ccc(Cl)c2c1CCCC2=O. The topological polar surface area (TPSA) is 58.6 Å². The van der Waals surface area contributed by atoms with Crippen LogP contribution in [-0.2, 0) is 6.42 Å². The minimum absolute atomic E-state index is 0.0488. The number of fused-ring (bicyclic) bond motifs is 1. The van der Waals surface area contributed by atoms with Gasteiger partial charge in [-0.3, -0.25) is 4.79 Å². The number of ether oxygens (including phenoxy) is 1. The summed E-state index contributed by atoms with van der Waals surface area (Å²) in [4.78, 5) is 12.0. The summed E-state index contributed by atoms with van der Waals surface area (Å²) in [6.45, 7) is 6.77. The zero-order valence-electron chi connectivity index (χ0n) is 13.4. The van der Waals surface area contributed by atoms with Gasteiger partial charge in [0.2, 0.25) is 0 Å². The third kappa shape index (κ3) is 4.45. The van der Waals surface area contributed by atoms with Gasteiger partial charge in [0.1, 0.15) is 18.5 Å². The molecule has 0 aromatic heterocycles. The van der Waals surface area contributed by atoms with Crippen LogP contribution in [0.1, 0.15) is 49.5 Å². The van der Waals surface area contributed by atoms with Gasteiger partial charge in [0, 0.05) is 29.6 Å². The number of aliphatic hydroxyl groups excluding tert-OH is 1. The van der Waals surface area contributed by atoms with Crippen LogP contribution in [0.25, 0.3) is 0 Å². The Morgan fingerprint density at radius 3 is 2.77 bits per heavy atom. The van der Waals surface area contributed by atoms with E-state index in [1.165, 1.54) is 0 Å². The highest BCUT2D eigenvalue weighted by Crippen LogP contribution is 2.34. The Labute approximate surface area is 136 Å². The normalized spacial score (nSPS) is 16.3. The van der Waals surface area contributed by atoms with Gasteiger partial charge in [-0.05, 0) is 45.7 Å². The first kappa shape index (κ1) is 17.3. The van der Waals surface area contributed by atoms with Gasteiger partial charge in [0.05, 0.1) is 5.02 Å². The zero-order chi connectivity index (χ0) is 16.3. The van der Waals surface area contributed by atoms with Gasteiger partial charge in [-0.1, -0.05) is 11.6 Å². The van der Waals surface area contributed by atoms with Crippen molar-refractivity contribution in [3.05, 3.63) is 28.3 Å². The number of ketones is 1. The van der Waals surface area contributed by atoms with Gasteiger partial charge in [-0.2, -0.15) is 0 Å². The molecule has 1 aromatic rings. The highest BCUT2D eigenvalue weighted by molar-refractivity contribution is 6.34. The average molecular weight is 326 g/mol. The van der Waals surface area contributed by atoms with Gasteiger partial charge in [-0.25, -0.2) is 0 Å². The molecule has 5 heteroatoms. The van der Waals surface area contributed by atoms with Crippen LogP contribution in [0, 0.1) is 0 Å². The molecule has 0 bridgehead atoms. The van der Waals surface area contributed by atoms with E-state index < -0.39 is 6.10 Å². The third-order valence-corrected chi connectivity index (χ3v) is 3.94. The van der Waals surface area contributed by atoms with Crippen LogP contribution in [0.15, 0.2) is 12.1 Å². The van der Waals surface area contributed by atoms with Crippen LogP contribution < -0.4 is 10.1 Å². The first-order valence-electron chi connectivity index (χ1n) is 7.68. The lowest BCUT2D eigenvalue weighted by molar-refractivity contribution is 0.0957. The number of aliphatic hydroxyl groups is 1. The summed E-state index contributed by atoms with van der Waals surface area (Å²) in [6, 6.07) is 3.47. The maximum atomic E-state index is 12.0. The average Bonchev–Trinajstić information content (AvgIpc) is 2.44. The summed E-state index contributed by atoms with van der Waals surface area (Å²) in [6.07, 6.45) is 1.53. The van der Waals surface area contributed by atoms with Crippen molar-refractivity contribution in [3.8, 4) is 5.75 Å². The molecule has 1 aliphatic rings. The van der Waals surface area contributed by atoms with Crippen LogP contribution in [-0.4, -0.2) is 35.7 Å². The molecule has 122 valence electrons. The van der Waals surface area contributed by atoms with Crippen molar-refractivity contribution in [3.63, 3.8) is 0 Å². The van der Waals surface area contributed by atoms with E-state index in [2.05, 4.69) is 5.32 Å². The summed E-state index contributed by atoms with van der Waals surface area (Å²) in [5.74, 6) is 0.730. The number of rotatable bonds is 5. The monoisotopic (exact) mass is 325 g/mol.